The Morgan fingerprint density at radius 1 is 0.933 bits per heavy atom. The summed E-state index contributed by atoms with van der Waals surface area (Å²) >= 11 is 0. The van der Waals surface area contributed by atoms with E-state index in [0.29, 0.717) is 10.8 Å². The molecule has 0 bridgehead atoms. The van der Waals surface area contributed by atoms with Crippen LogP contribution in [-0.4, -0.2) is 7.11 Å². The van der Waals surface area contributed by atoms with Gasteiger partial charge >= 0.3 is 0 Å². The molecule has 0 saturated heterocycles. The molecule has 4 unspecified atom stereocenters. The van der Waals surface area contributed by atoms with E-state index in [4.69, 9.17) is 4.74 Å². The third-order valence-corrected chi connectivity index (χ3v) is 7.88. The molecule has 0 radical (unpaired) electrons. The molecule has 2 aliphatic rings. The van der Waals surface area contributed by atoms with Gasteiger partial charge < -0.3 is 4.74 Å². The molecule has 0 aliphatic heterocycles. The first kappa shape index (κ1) is 21.6. The molecule has 2 fully saturated rings. The largest absolute Gasteiger partial charge is 0.494 e. The van der Waals surface area contributed by atoms with E-state index in [2.05, 4.69) is 6.92 Å². The van der Waals surface area contributed by atoms with Crippen LogP contribution in [0.25, 0.3) is 10.8 Å². The summed E-state index contributed by atoms with van der Waals surface area (Å²) in [5, 5.41) is 1.08. The Kier molecular flexibility index (Phi) is 6.95. The van der Waals surface area contributed by atoms with Crippen LogP contribution in [0.5, 0.6) is 5.75 Å². The molecule has 0 aromatic heterocycles. The van der Waals surface area contributed by atoms with Crippen molar-refractivity contribution in [2.24, 2.45) is 17.8 Å². The lowest BCUT2D eigenvalue weighted by Crippen LogP contribution is -2.30. The molecule has 3 heteroatoms. The topological polar surface area (TPSA) is 9.23 Å². The maximum atomic E-state index is 15.4. The Hall–Kier alpha value is -1.64. The summed E-state index contributed by atoms with van der Waals surface area (Å²) in [6, 6.07) is 6.74. The number of hydrogen-bond donors (Lipinski definition) is 0. The number of methoxy groups -OCH3 is 1. The Balaban J connectivity index is 1.42. The van der Waals surface area contributed by atoms with Crippen molar-refractivity contribution in [1.29, 1.82) is 0 Å². The molecule has 2 saturated carbocycles. The fraction of sp³-hybridized carbons (Fsp3) is 0.630. The van der Waals surface area contributed by atoms with E-state index < -0.39 is 5.82 Å². The van der Waals surface area contributed by atoms with Crippen LogP contribution in [0.3, 0.4) is 0 Å². The number of hydrogen-bond acceptors (Lipinski definition) is 1. The lowest BCUT2D eigenvalue weighted by atomic mass is 9.63. The van der Waals surface area contributed by atoms with Crippen LogP contribution >= 0.6 is 0 Å². The predicted octanol–water partition coefficient (Wildman–Crippen LogP) is 8.40. The van der Waals surface area contributed by atoms with Crippen molar-refractivity contribution in [2.45, 2.75) is 83.5 Å². The highest BCUT2D eigenvalue weighted by Crippen LogP contribution is 2.49. The molecule has 1 nitrogen and oxygen atoms in total. The molecule has 0 spiro atoms. The molecule has 4 rings (SSSR count). The van der Waals surface area contributed by atoms with Crippen molar-refractivity contribution in [3.8, 4) is 5.75 Å². The van der Waals surface area contributed by atoms with Crippen molar-refractivity contribution in [1.82, 2.24) is 0 Å². The van der Waals surface area contributed by atoms with Gasteiger partial charge in [-0.2, -0.15) is 0 Å². The third kappa shape index (κ3) is 4.50. The highest BCUT2D eigenvalue weighted by molar-refractivity contribution is 5.85. The van der Waals surface area contributed by atoms with Gasteiger partial charge in [-0.1, -0.05) is 57.6 Å². The number of fused-ring (bicyclic) bond motifs is 2. The van der Waals surface area contributed by atoms with Gasteiger partial charge in [-0.25, -0.2) is 8.78 Å². The van der Waals surface area contributed by atoms with Crippen molar-refractivity contribution in [2.75, 3.05) is 7.11 Å². The predicted molar refractivity (Wildman–Crippen MR) is 120 cm³/mol. The molecule has 30 heavy (non-hydrogen) atoms. The van der Waals surface area contributed by atoms with Crippen molar-refractivity contribution in [3.63, 3.8) is 0 Å². The van der Waals surface area contributed by atoms with Gasteiger partial charge in [0.1, 0.15) is 5.82 Å². The fourth-order valence-electron chi connectivity index (χ4n) is 6.17. The first-order chi connectivity index (χ1) is 14.6. The minimum Gasteiger partial charge on any atom is -0.494 e. The summed E-state index contributed by atoms with van der Waals surface area (Å²) in [5.41, 5.74) is 0.784. The smallest absolute Gasteiger partial charge is 0.165 e. The molecule has 0 heterocycles. The summed E-state index contributed by atoms with van der Waals surface area (Å²) in [5.74, 6) is 2.18. The lowest BCUT2D eigenvalue weighted by Gasteiger charge is -2.42. The van der Waals surface area contributed by atoms with Gasteiger partial charge in [0, 0.05) is 5.39 Å². The number of ether oxygens (including phenoxy) is 1. The average molecular weight is 415 g/mol. The standard InChI is InChI=1S/C27H36F2O/c1-3-4-5-6-7-18-8-9-20-15-21(11-10-19(20)14-18)23-13-12-22-16-26(30-2)25(28)17-24(22)27(23)29/h12-13,16-21H,3-11,14-15H2,1-2H3. The van der Waals surface area contributed by atoms with Gasteiger partial charge in [-0.15, -0.1) is 0 Å². The fourth-order valence-corrected chi connectivity index (χ4v) is 6.17. The summed E-state index contributed by atoms with van der Waals surface area (Å²) < 4.78 is 34.6. The molecule has 164 valence electrons. The zero-order valence-corrected chi connectivity index (χ0v) is 18.6. The van der Waals surface area contributed by atoms with Crippen molar-refractivity contribution >= 4 is 10.8 Å². The van der Waals surface area contributed by atoms with Gasteiger partial charge in [0.25, 0.3) is 0 Å². The quantitative estimate of drug-likeness (QED) is 0.413. The first-order valence-corrected chi connectivity index (χ1v) is 12.1. The van der Waals surface area contributed by atoms with Crippen LogP contribution in [0.1, 0.15) is 89.0 Å². The third-order valence-electron chi connectivity index (χ3n) is 7.88. The highest BCUT2D eigenvalue weighted by atomic mass is 19.1. The number of benzene rings is 2. The molecule has 2 aromatic rings. The summed E-state index contributed by atoms with van der Waals surface area (Å²) in [6.07, 6.45) is 14.3. The number of rotatable bonds is 7. The second kappa shape index (κ2) is 9.66. The maximum absolute atomic E-state index is 15.4. The van der Waals surface area contributed by atoms with Gasteiger partial charge in [0.05, 0.1) is 7.11 Å². The second-order valence-electron chi connectivity index (χ2n) is 9.74. The van der Waals surface area contributed by atoms with E-state index in [-0.39, 0.29) is 17.5 Å². The van der Waals surface area contributed by atoms with E-state index >= 15 is 4.39 Å². The zero-order valence-electron chi connectivity index (χ0n) is 18.6. The van der Waals surface area contributed by atoms with Crippen molar-refractivity contribution in [3.05, 3.63) is 41.5 Å². The molecule has 0 N–H and O–H groups in total. The Morgan fingerprint density at radius 2 is 1.73 bits per heavy atom. The van der Waals surface area contributed by atoms with E-state index in [9.17, 15) is 4.39 Å². The van der Waals surface area contributed by atoms with Gasteiger partial charge in [-0.05, 0) is 78.9 Å². The highest BCUT2D eigenvalue weighted by Gasteiger charge is 2.36. The average Bonchev–Trinajstić information content (AvgIpc) is 2.76. The Labute approximate surface area is 180 Å². The molecule has 2 aliphatic carbocycles. The van der Waals surface area contributed by atoms with E-state index in [0.717, 1.165) is 36.2 Å². The summed E-state index contributed by atoms with van der Waals surface area (Å²) in [6.45, 7) is 2.27. The van der Waals surface area contributed by atoms with Gasteiger partial charge in [-0.3, -0.25) is 0 Å². The lowest BCUT2D eigenvalue weighted by molar-refractivity contribution is 0.112. The molecule has 4 atom stereocenters. The van der Waals surface area contributed by atoms with Crippen LogP contribution < -0.4 is 4.74 Å². The van der Waals surface area contributed by atoms with E-state index in [1.165, 1.54) is 71.0 Å². The maximum Gasteiger partial charge on any atom is 0.165 e. The van der Waals surface area contributed by atoms with E-state index in [1.807, 2.05) is 12.1 Å². The summed E-state index contributed by atoms with van der Waals surface area (Å²) in [7, 11) is 1.44. The number of unbranched alkanes of at least 4 members (excludes halogenated alkanes) is 3. The van der Waals surface area contributed by atoms with Crippen LogP contribution in [0, 0.1) is 29.4 Å². The zero-order chi connectivity index (χ0) is 21.1. The second-order valence-corrected chi connectivity index (χ2v) is 9.74. The van der Waals surface area contributed by atoms with Crippen LogP contribution in [0.2, 0.25) is 0 Å². The SMILES string of the molecule is CCCCCCC1CCC2CC(c3ccc4cc(OC)c(F)cc4c3F)CCC2C1. The Morgan fingerprint density at radius 3 is 2.53 bits per heavy atom. The first-order valence-electron chi connectivity index (χ1n) is 12.1. The van der Waals surface area contributed by atoms with E-state index in [1.54, 1.807) is 6.07 Å². The molecular formula is C27H36F2O. The van der Waals surface area contributed by atoms with Crippen LogP contribution in [-0.2, 0) is 0 Å². The molecule has 2 aromatic carbocycles. The normalized spacial score (nSPS) is 26.5. The van der Waals surface area contributed by atoms with Gasteiger partial charge in [0.15, 0.2) is 11.6 Å². The van der Waals surface area contributed by atoms with Crippen LogP contribution in [0.4, 0.5) is 8.78 Å². The minimum atomic E-state index is -0.498. The van der Waals surface area contributed by atoms with Crippen molar-refractivity contribution < 1.29 is 13.5 Å². The Bertz CT molecular complexity index is 862. The van der Waals surface area contributed by atoms with Gasteiger partial charge in [0.2, 0.25) is 0 Å². The molecule has 0 amide bonds. The monoisotopic (exact) mass is 414 g/mol. The molecular weight excluding hydrogens is 378 g/mol. The summed E-state index contributed by atoms with van der Waals surface area (Å²) in [4.78, 5) is 0. The van der Waals surface area contributed by atoms with Crippen LogP contribution in [0.15, 0.2) is 24.3 Å². The minimum absolute atomic E-state index is 0.168. The number of halogens is 2.